The summed E-state index contributed by atoms with van der Waals surface area (Å²) >= 11 is 3.49. The highest BCUT2D eigenvalue weighted by Crippen LogP contribution is 2.19. The monoisotopic (exact) mass is 319 g/mol. The third-order valence-electron chi connectivity index (χ3n) is 3.15. The van der Waals surface area contributed by atoms with Gasteiger partial charge in [0.1, 0.15) is 10.4 Å². The Morgan fingerprint density at radius 2 is 2.00 bits per heavy atom. The van der Waals surface area contributed by atoms with Crippen LogP contribution in [-0.4, -0.2) is 19.2 Å². The van der Waals surface area contributed by atoms with E-state index in [0.29, 0.717) is 6.54 Å². The Kier molecular flexibility index (Phi) is 3.12. The molecule has 3 rings (SSSR count). The molecule has 2 N–H and O–H groups in total. The Labute approximate surface area is 119 Å². The van der Waals surface area contributed by atoms with Gasteiger partial charge in [0, 0.05) is 20.0 Å². The number of hydrogen-bond acceptors (Lipinski definition) is 3. The second kappa shape index (κ2) is 4.79. The Hall–Kier alpha value is -1.66. The van der Waals surface area contributed by atoms with Crippen molar-refractivity contribution in [3.63, 3.8) is 0 Å². The zero-order valence-corrected chi connectivity index (χ0v) is 12.1. The number of hydrogen-bond donors (Lipinski definition) is 1. The molecule has 98 valence electrons. The predicted molar refractivity (Wildman–Crippen MR) is 76.8 cm³/mol. The van der Waals surface area contributed by atoms with E-state index in [-0.39, 0.29) is 0 Å². The van der Waals surface area contributed by atoms with Gasteiger partial charge >= 0.3 is 0 Å². The van der Waals surface area contributed by atoms with E-state index in [0.717, 1.165) is 28.3 Å². The highest BCUT2D eigenvalue weighted by atomic mass is 79.9. The summed E-state index contributed by atoms with van der Waals surface area (Å²) < 4.78 is 4.62. The molecule has 0 fully saturated rings. The number of aromatic nitrogens is 4. The number of fused-ring (bicyclic) bond motifs is 1. The minimum absolute atomic E-state index is 0.401. The molecule has 19 heavy (non-hydrogen) atoms. The van der Waals surface area contributed by atoms with Gasteiger partial charge in [-0.15, -0.1) is 0 Å². The number of nitrogens with zero attached hydrogens (tertiary/aromatic N) is 4. The van der Waals surface area contributed by atoms with Crippen LogP contribution in [0.5, 0.6) is 0 Å². The van der Waals surface area contributed by atoms with E-state index < -0.39 is 0 Å². The van der Waals surface area contributed by atoms with Crippen LogP contribution in [0.15, 0.2) is 34.9 Å². The van der Waals surface area contributed by atoms with E-state index >= 15 is 0 Å². The third-order valence-corrected chi connectivity index (χ3v) is 3.94. The van der Waals surface area contributed by atoms with Gasteiger partial charge in [-0.1, -0.05) is 30.3 Å². The summed E-state index contributed by atoms with van der Waals surface area (Å²) in [4.78, 5) is 4.48. The normalized spacial score (nSPS) is 11.3. The smallest absolute Gasteiger partial charge is 0.233 e. The predicted octanol–water partition coefficient (Wildman–Crippen LogP) is 1.88. The molecule has 0 spiro atoms. The molecule has 0 amide bonds. The number of rotatable bonds is 3. The van der Waals surface area contributed by atoms with Crippen molar-refractivity contribution in [2.45, 2.75) is 13.0 Å². The molecule has 0 aliphatic heterocycles. The standard InChI is InChI=1S/C13H14BrN5/c1-18-11(7-9-5-3-2-4-6-9)17-19-12(14)10(8-15)16-13(18)19/h2-6H,7-8,15H2,1H3. The van der Waals surface area contributed by atoms with Crippen molar-refractivity contribution >= 4 is 21.7 Å². The maximum atomic E-state index is 5.64. The topological polar surface area (TPSA) is 61.1 Å². The lowest BCUT2D eigenvalue weighted by atomic mass is 10.1. The first-order chi connectivity index (χ1) is 9.20. The Morgan fingerprint density at radius 1 is 1.26 bits per heavy atom. The maximum Gasteiger partial charge on any atom is 0.233 e. The molecule has 0 bridgehead atoms. The van der Waals surface area contributed by atoms with Crippen molar-refractivity contribution in [3.8, 4) is 0 Å². The number of benzene rings is 1. The molecule has 0 aliphatic rings. The molecule has 2 heterocycles. The molecule has 0 unspecified atom stereocenters. The number of halogens is 1. The van der Waals surface area contributed by atoms with E-state index in [9.17, 15) is 0 Å². The molecular formula is C13H14BrN5. The van der Waals surface area contributed by atoms with E-state index in [1.54, 1.807) is 4.52 Å². The summed E-state index contributed by atoms with van der Waals surface area (Å²) in [5, 5.41) is 4.59. The van der Waals surface area contributed by atoms with Crippen LogP contribution in [-0.2, 0) is 20.0 Å². The zero-order chi connectivity index (χ0) is 13.4. The zero-order valence-electron chi connectivity index (χ0n) is 10.5. The lowest BCUT2D eigenvalue weighted by Gasteiger charge is -2.00. The molecule has 0 aliphatic carbocycles. The molecular weight excluding hydrogens is 306 g/mol. The Bertz CT molecular complexity index is 714. The fourth-order valence-corrected chi connectivity index (χ4v) is 2.58. The van der Waals surface area contributed by atoms with Crippen LogP contribution < -0.4 is 5.73 Å². The van der Waals surface area contributed by atoms with Gasteiger partial charge in [-0.3, -0.25) is 4.57 Å². The second-order valence-corrected chi connectivity index (χ2v) is 5.15. The van der Waals surface area contributed by atoms with E-state index in [1.165, 1.54) is 5.56 Å². The first kappa shape index (κ1) is 12.4. The molecule has 0 radical (unpaired) electrons. The van der Waals surface area contributed by atoms with Crippen LogP contribution in [0, 0.1) is 0 Å². The SMILES string of the molecule is Cn1c(Cc2ccccc2)nn2c(Br)c(CN)nc12. The van der Waals surface area contributed by atoms with Crippen LogP contribution in [0.25, 0.3) is 5.78 Å². The molecule has 0 saturated heterocycles. The lowest BCUT2D eigenvalue weighted by Crippen LogP contribution is -2.02. The van der Waals surface area contributed by atoms with Crippen LogP contribution in [0.1, 0.15) is 17.1 Å². The van der Waals surface area contributed by atoms with E-state index in [2.05, 4.69) is 38.1 Å². The van der Waals surface area contributed by atoms with Crippen LogP contribution in [0.4, 0.5) is 0 Å². The van der Waals surface area contributed by atoms with E-state index in [1.807, 2.05) is 29.8 Å². The van der Waals surface area contributed by atoms with Crippen molar-refractivity contribution in [2.75, 3.05) is 0 Å². The summed E-state index contributed by atoms with van der Waals surface area (Å²) in [5.41, 5.74) is 7.70. The molecule has 6 heteroatoms. The second-order valence-electron chi connectivity index (χ2n) is 4.40. The lowest BCUT2D eigenvalue weighted by molar-refractivity contribution is 0.814. The number of imidazole rings is 1. The first-order valence-electron chi connectivity index (χ1n) is 6.03. The van der Waals surface area contributed by atoms with Gasteiger partial charge in [0.25, 0.3) is 0 Å². The highest BCUT2D eigenvalue weighted by molar-refractivity contribution is 9.10. The fourth-order valence-electron chi connectivity index (χ4n) is 2.09. The number of nitrogens with two attached hydrogens (primary N) is 1. The van der Waals surface area contributed by atoms with Crippen LogP contribution >= 0.6 is 15.9 Å². The van der Waals surface area contributed by atoms with Gasteiger partial charge in [-0.2, -0.15) is 9.61 Å². The molecule has 1 aromatic carbocycles. The van der Waals surface area contributed by atoms with Crippen molar-refractivity contribution < 1.29 is 0 Å². The summed E-state index contributed by atoms with van der Waals surface area (Å²) in [7, 11) is 1.97. The minimum atomic E-state index is 0.401. The summed E-state index contributed by atoms with van der Waals surface area (Å²) in [6.45, 7) is 0.401. The minimum Gasteiger partial charge on any atom is -0.325 e. The van der Waals surface area contributed by atoms with Crippen LogP contribution in [0.3, 0.4) is 0 Å². The van der Waals surface area contributed by atoms with Gasteiger partial charge in [0.15, 0.2) is 0 Å². The average molecular weight is 320 g/mol. The third kappa shape index (κ3) is 2.06. The maximum absolute atomic E-state index is 5.64. The summed E-state index contributed by atoms with van der Waals surface area (Å²) in [5.74, 6) is 1.77. The van der Waals surface area contributed by atoms with Gasteiger partial charge in [-0.05, 0) is 21.5 Å². The van der Waals surface area contributed by atoms with Crippen molar-refractivity contribution in [2.24, 2.45) is 12.8 Å². The average Bonchev–Trinajstić information content (AvgIpc) is 2.90. The fraction of sp³-hybridized carbons (Fsp3) is 0.231. The molecule has 0 atom stereocenters. The van der Waals surface area contributed by atoms with Crippen molar-refractivity contribution in [1.29, 1.82) is 0 Å². The van der Waals surface area contributed by atoms with Gasteiger partial charge in [-0.25, -0.2) is 4.98 Å². The molecule has 0 saturated carbocycles. The summed E-state index contributed by atoms with van der Waals surface area (Å²) in [6, 6.07) is 10.3. The van der Waals surface area contributed by atoms with Gasteiger partial charge in [0.05, 0.1) is 5.69 Å². The quantitative estimate of drug-likeness (QED) is 0.801. The molecule has 2 aromatic heterocycles. The Balaban J connectivity index is 2.04. The first-order valence-corrected chi connectivity index (χ1v) is 6.82. The highest BCUT2D eigenvalue weighted by Gasteiger charge is 2.16. The summed E-state index contributed by atoms with van der Waals surface area (Å²) in [6.07, 6.45) is 0.783. The van der Waals surface area contributed by atoms with Crippen molar-refractivity contribution in [1.82, 2.24) is 19.2 Å². The molecule has 3 aromatic rings. The van der Waals surface area contributed by atoms with Crippen LogP contribution in [0.2, 0.25) is 0 Å². The van der Waals surface area contributed by atoms with Crippen molar-refractivity contribution in [3.05, 3.63) is 52.0 Å². The largest absolute Gasteiger partial charge is 0.325 e. The van der Waals surface area contributed by atoms with E-state index in [4.69, 9.17) is 5.73 Å². The van der Waals surface area contributed by atoms with Gasteiger partial charge in [0.2, 0.25) is 5.78 Å². The Morgan fingerprint density at radius 3 is 2.63 bits per heavy atom. The molecule has 5 nitrogen and oxygen atoms in total. The van der Waals surface area contributed by atoms with Gasteiger partial charge < -0.3 is 5.73 Å². The number of aryl methyl sites for hydroxylation is 1.